The van der Waals surface area contributed by atoms with E-state index in [0.29, 0.717) is 21.8 Å². The maximum atomic E-state index is 13.4. The maximum absolute atomic E-state index is 13.4. The molecule has 1 aliphatic rings. The third-order valence-corrected chi connectivity index (χ3v) is 5.86. The first-order valence-corrected chi connectivity index (χ1v) is 11.0. The Kier molecular flexibility index (Phi) is 6.23. The molecule has 0 spiro atoms. The molecule has 13 heteroatoms. The standard InChI is InChI=1S/C18H16FN7O3S2/c19-10-1-3-12(4-2-10)26-13(7-11-8-14(27)22-16(29)21-11)24-25-18(26)31-9-15(28)23-17-20-5-6-30-17/h1-6,11H,7-9H2,(H,20,23,28)(H2,21,22,27,29). The van der Waals surface area contributed by atoms with Gasteiger partial charge in [0.05, 0.1) is 5.75 Å². The summed E-state index contributed by atoms with van der Waals surface area (Å²) < 4.78 is 15.1. The van der Waals surface area contributed by atoms with Gasteiger partial charge in [0.1, 0.15) is 11.6 Å². The number of hydrogen-bond acceptors (Lipinski definition) is 8. The van der Waals surface area contributed by atoms with E-state index >= 15 is 0 Å². The van der Waals surface area contributed by atoms with Gasteiger partial charge in [0.2, 0.25) is 11.8 Å². The molecule has 0 radical (unpaired) electrons. The molecule has 4 amide bonds. The van der Waals surface area contributed by atoms with Gasteiger partial charge in [-0.2, -0.15) is 0 Å². The minimum absolute atomic E-state index is 0.0570. The van der Waals surface area contributed by atoms with Gasteiger partial charge in [-0.1, -0.05) is 11.8 Å². The van der Waals surface area contributed by atoms with Gasteiger partial charge in [0, 0.05) is 36.1 Å². The zero-order chi connectivity index (χ0) is 21.8. The number of nitrogens with zero attached hydrogens (tertiary/aromatic N) is 4. The fourth-order valence-electron chi connectivity index (χ4n) is 2.96. The summed E-state index contributed by atoms with van der Waals surface area (Å²) in [6, 6.07) is 4.71. The normalized spacial score (nSPS) is 16.0. The zero-order valence-corrected chi connectivity index (χ0v) is 17.5. The fourth-order valence-corrected chi connectivity index (χ4v) is 4.28. The summed E-state index contributed by atoms with van der Waals surface area (Å²) in [6.45, 7) is 0. The third kappa shape index (κ3) is 5.24. The molecule has 160 valence electrons. The zero-order valence-electron chi connectivity index (χ0n) is 15.9. The number of nitrogens with one attached hydrogen (secondary N) is 3. The number of carbonyl (C=O) groups is 3. The van der Waals surface area contributed by atoms with Crippen LogP contribution in [0.1, 0.15) is 12.2 Å². The minimum atomic E-state index is -0.567. The van der Waals surface area contributed by atoms with Crippen LogP contribution >= 0.6 is 23.1 Å². The lowest BCUT2D eigenvalue weighted by Gasteiger charge is -2.23. The summed E-state index contributed by atoms with van der Waals surface area (Å²) in [7, 11) is 0. The van der Waals surface area contributed by atoms with Gasteiger partial charge in [0.15, 0.2) is 10.3 Å². The quantitative estimate of drug-likeness (QED) is 0.457. The van der Waals surface area contributed by atoms with E-state index < -0.39 is 17.9 Å². The number of thiazole rings is 1. The Morgan fingerprint density at radius 2 is 2.10 bits per heavy atom. The van der Waals surface area contributed by atoms with E-state index in [-0.39, 0.29) is 30.4 Å². The second-order valence-electron chi connectivity index (χ2n) is 6.51. The van der Waals surface area contributed by atoms with Crippen LogP contribution in [0.15, 0.2) is 41.0 Å². The Morgan fingerprint density at radius 1 is 1.29 bits per heavy atom. The van der Waals surface area contributed by atoms with E-state index in [2.05, 4.69) is 31.1 Å². The molecule has 1 atom stereocenters. The molecule has 0 saturated carbocycles. The van der Waals surface area contributed by atoms with Crippen molar-refractivity contribution in [3.8, 4) is 5.69 Å². The predicted molar refractivity (Wildman–Crippen MR) is 112 cm³/mol. The van der Waals surface area contributed by atoms with Crippen LogP contribution in [0.3, 0.4) is 0 Å². The molecule has 1 aliphatic heterocycles. The molecule has 31 heavy (non-hydrogen) atoms. The monoisotopic (exact) mass is 461 g/mol. The highest BCUT2D eigenvalue weighted by Gasteiger charge is 2.27. The van der Waals surface area contributed by atoms with E-state index in [1.807, 2.05) is 0 Å². The maximum Gasteiger partial charge on any atom is 0.321 e. The third-order valence-electron chi connectivity index (χ3n) is 4.25. The van der Waals surface area contributed by atoms with E-state index in [0.717, 1.165) is 11.8 Å². The number of urea groups is 1. The minimum Gasteiger partial charge on any atom is -0.334 e. The number of amides is 4. The van der Waals surface area contributed by atoms with Crippen molar-refractivity contribution in [1.29, 1.82) is 0 Å². The Balaban J connectivity index is 1.54. The molecule has 3 N–H and O–H groups in total. The van der Waals surface area contributed by atoms with Crippen molar-refractivity contribution in [3.05, 3.63) is 47.5 Å². The summed E-state index contributed by atoms with van der Waals surface area (Å²) >= 11 is 2.46. The highest BCUT2D eigenvalue weighted by molar-refractivity contribution is 7.99. The van der Waals surface area contributed by atoms with Crippen LogP contribution in [0.5, 0.6) is 0 Å². The lowest BCUT2D eigenvalue weighted by molar-refractivity contribution is -0.121. The number of benzene rings is 1. The van der Waals surface area contributed by atoms with Crippen LogP contribution in [0.2, 0.25) is 0 Å². The molecule has 1 unspecified atom stereocenters. The predicted octanol–water partition coefficient (Wildman–Crippen LogP) is 1.73. The summed E-state index contributed by atoms with van der Waals surface area (Å²) in [5.41, 5.74) is 0.593. The molecular formula is C18H16FN7O3S2. The van der Waals surface area contributed by atoms with Crippen LogP contribution in [0.25, 0.3) is 5.69 Å². The Bertz CT molecular complexity index is 1090. The van der Waals surface area contributed by atoms with E-state index in [1.165, 1.54) is 23.5 Å². The van der Waals surface area contributed by atoms with Crippen molar-refractivity contribution in [3.63, 3.8) is 0 Å². The summed E-state index contributed by atoms with van der Waals surface area (Å²) in [5.74, 6) is -0.510. The SMILES string of the molecule is O=C1CC(Cc2nnc(SCC(=O)Nc3nccs3)n2-c2ccc(F)cc2)NC(=O)N1. The molecule has 3 heterocycles. The molecule has 1 saturated heterocycles. The van der Waals surface area contributed by atoms with Crippen molar-refractivity contribution in [2.75, 3.05) is 11.1 Å². The lowest BCUT2D eigenvalue weighted by Crippen LogP contribution is -2.53. The number of imide groups is 1. The number of aromatic nitrogens is 4. The highest BCUT2D eigenvalue weighted by Crippen LogP contribution is 2.24. The Labute approximate surface area is 183 Å². The number of carbonyl (C=O) groups excluding carboxylic acids is 3. The second kappa shape index (κ2) is 9.22. The van der Waals surface area contributed by atoms with Crippen LogP contribution in [0, 0.1) is 5.82 Å². The molecule has 10 nitrogen and oxygen atoms in total. The number of thioether (sulfide) groups is 1. The van der Waals surface area contributed by atoms with Crippen LogP contribution in [0.4, 0.5) is 14.3 Å². The molecule has 0 aliphatic carbocycles. The highest BCUT2D eigenvalue weighted by atomic mass is 32.2. The summed E-state index contributed by atoms with van der Waals surface area (Å²) in [4.78, 5) is 39.5. The van der Waals surface area contributed by atoms with Gasteiger partial charge >= 0.3 is 6.03 Å². The first-order valence-electron chi connectivity index (χ1n) is 9.10. The van der Waals surface area contributed by atoms with Crippen molar-refractivity contribution < 1.29 is 18.8 Å². The summed E-state index contributed by atoms with van der Waals surface area (Å²) in [6.07, 6.45) is 1.92. The first-order chi connectivity index (χ1) is 15.0. The lowest BCUT2D eigenvalue weighted by atomic mass is 10.1. The molecular weight excluding hydrogens is 445 g/mol. The fraction of sp³-hybridized carbons (Fsp3) is 0.222. The van der Waals surface area contributed by atoms with Gasteiger partial charge in [-0.05, 0) is 24.3 Å². The largest absolute Gasteiger partial charge is 0.334 e. The first kappa shape index (κ1) is 20.9. The molecule has 2 aromatic heterocycles. The van der Waals surface area contributed by atoms with Crippen molar-refractivity contribution >= 4 is 46.1 Å². The Morgan fingerprint density at radius 3 is 2.81 bits per heavy atom. The molecule has 4 rings (SSSR count). The van der Waals surface area contributed by atoms with Crippen molar-refractivity contribution in [1.82, 2.24) is 30.4 Å². The average molecular weight is 462 g/mol. The second-order valence-corrected chi connectivity index (χ2v) is 8.35. The number of anilines is 1. The molecule has 3 aromatic rings. The van der Waals surface area contributed by atoms with Gasteiger partial charge in [-0.25, -0.2) is 14.2 Å². The van der Waals surface area contributed by atoms with Gasteiger partial charge in [-0.3, -0.25) is 19.5 Å². The van der Waals surface area contributed by atoms with Crippen LogP contribution in [-0.4, -0.2) is 49.4 Å². The van der Waals surface area contributed by atoms with Crippen molar-refractivity contribution in [2.24, 2.45) is 0 Å². The molecule has 0 bridgehead atoms. The smallest absolute Gasteiger partial charge is 0.321 e. The Hall–Kier alpha value is -3.32. The number of rotatable bonds is 7. The van der Waals surface area contributed by atoms with E-state index in [4.69, 9.17) is 0 Å². The number of hydrogen-bond donors (Lipinski definition) is 3. The summed E-state index contributed by atoms with van der Waals surface area (Å²) in [5, 5.41) is 18.6. The van der Waals surface area contributed by atoms with Crippen molar-refractivity contribution in [2.45, 2.75) is 24.0 Å². The van der Waals surface area contributed by atoms with Gasteiger partial charge in [-0.15, -0.1) is 21.5 Å². The molecule has 1 aromatic carbocycles. The number of halogens is 1. The van der Waals surface area contributed by atoms with E-state index in [9.17, 15) is 18.8 Å². The van der Waals surface area contributed by atoms with Gasteiger partial charge < -0.3 is 10.6 Å². The van der Waals surface area contributed by atoms with Crippen LogP contribution in [-0.2, 0) is 16.0 Å². The molecule has 1 fully saturated rings. The van der Waals surface area contributed by atoms with Crippen LogP contribution < -0.4 is 16.0 Å². The van der Waals surface area contributed by atoms with Gasteiger partial charge in [0.25, 0.3) is 0 Å². The van der Waals surface area contributed by atoms with E-state index in [1.54, 1.807) is 28.3 Å². The topological polar surface area (TPSA) is 131 Å². The average Bonchev–Trinajstić information content (AvgIpc) is 3.36.